The largest absolute Gasteiger partial charge is 0.497 e. The van der Waals surface area contributed by atoms with Crippen LogP contribution < -0.4 is 15.8 Å². The molecule has 4 rings (SSSR count). The zero-order chi connectivity index (χ0) is 29.4. The number of benzene rings is 2. The number of nitrogens with two attached hydrogens (primary N) is 1. The van der Waals surface area contributed by atoms with Gasteiger partial charge in [-0.3, -0.25) is 14.4 Å². The zero-order valence-corrected chi connectivity index (χ0v) is 26.7. The molecule has 0 radical (unpaired) electrons. The van der Waals surface area contributed by atoms with Crippen LogP contribution in [0, 0.1) is 0 Å². The Morgan fingerprint density at radius 3 is 2.23 bits per heavy atom. The molecule has 3 N–H and O–H groups in total. The first-order valence-corrected chi connectivity index (χ1v) is 14.3. The van der Waals surface area contributed by atoms with Gasteiger partial charge in [-0.05, 0) is 42.5 Å². The van der Waals surface area contributed by atoms with Crippen molar-refractivity contribution in [2.75, 3.05) is 20.2 Å². The Bertz CT molecular complexity index is 1330. The summed E-state index contributed by atoms with van der Waals surface area (Å²) in [6.07, 6.45) is 6.33. The molecule has 2 aromatic carbocycles. The Balaban J connectivity index is 0.00000323. The average Bonchev–Trinajstić information content (AvgIpc) is 3.41. The highest BCUT2D eigenvalue weighted by atomic mass is 35.5. The molecule has 0 spiro atoms. The highest BCUT2D eigenvalue weighted by molar-refractivity contribution is 5.92. The monoisotopic (exact) mass is 631 g/mol. The molecule has 1 aromatic heterocycles. The third kappa shape index (κ3) is 8.59. The lowest BCUT2D eigenvalue weighted by Gasteiger charge is -2.42. The van der Waals surface area contributed by atoms with Crippen molar-refractivity contribution in [1.29, 1.82) is 0 Å². The molecule has 1 aliphatic rings. The first kappa shape index (κ1) is 35.8. The second-order valence-electron chi connectivity index (χ2n) is 10.9. The lowest BCUT2D eigenvalue weighted by atomic mass is 9.68. The van der Waals surface area contributed by atoms with Crippen molar-refractivity contribution in [3.63, 3.8) is 0 Å². The van der Waals surface area contributed by atoms with Gasteiger partial charge >= 0.3 is 0 Å². The maximum atomic E-state index is 13.9. The number of rotatable bonds is 12. The Kier molecular flexibility index (Phi) is 13.7. The van der Waals surface area contributed by atoms with Gasteiger partial charge in [-0.15, -0.1) is 24.8 Å². The predicted molar refractivity (Wildman–Crippen MR) is 172 cm³/mol. The molecule has 9 nitrogen and oxygen atoms in total. The van der Waals surface area contributed by atoms with Crippen molar-refractivity contribution in [3.8, 4) is 5.75 Å². The summed E-state index contributed by atoms with van der Waals surface area (Å²) in [6.45, 7) is 2.87. The summed E-state index contributed by atoms with van der Waals surface area (Å²) in [7, 11) is 3.45. The normalized spacial score (nSPS) is 15.3. The van der Waals surface area contributed by atoms with E-state index in [0.29, 0.717) is 50.9 Å². The van der Waals surface area contributed by atoms with Crippen LogP contribution in [0.4, 0.5) is 0 Å². The van der Waals surface area contributed by atoms with Gasteiger partial charge in [0.2, 0.25) is 11.8 Å². The van der Waals surface area contributed by atoms with Crippen LogP contribution in [0.3, 0.4) is 0 Å². The van der Waals surface area contributed by atoms with Gasteiger partial charge in [-0.2, -0.15) is 0 Å². The van der Waals surface area contributed by atoms with E-state index in [4.69, 9.17) is 10.5 Å². The van der Waals surface area contributed by atoms with Crippen molar-refractivity contribution < 1.29 is 19.1 Å². The maximum Gasteiger partial charge on any atom is 0.245 e. The molecule has 1 fully saturated rings. The van der Waals surface area contributed by atoms with E-state index in [9.17, 15) is 14.4 Å². The molecule has 1 saturated heterocycles. The van der Waals surface area contributed by atoms with Gasteiger partial charge in [-0.25, -0.2) is 4.98 Å². The van der Waals surface area contributed by atoms with Crippen LogP contribution in [0.15, 0.2) is 67.1 Å². The number of imidazole rings is 1. The predicted octanol–water partition coefficient (Wildman–Crippen LogP) is 3.80. The van der Waals surface area contributed by atoms with E-state index >= 15 is 0 Å². The van der Waals surface area contributed by atoms with Crippen molar-refractivity contribution in [2.24, 2.45) is 12.8 Å². The zero-order valence-electron chi connectivity index (χ0n) is 25.0. The summed E-state index contributed by atoms with van der Waals surface area (Å²) < 4.78 is 7.09. The molecule has 0 bridgehead atoms. The van der Waals surface area contributed by atoms with Crippen LogP contribution in [0.25, 0.3) is 0 Å². The number of Topliss-reactive ketones (excluding diaryl/α,β-unsaturated/α-hetero) is 1. The van der Waals surface area contributed by atoms with Crippen LogP contribution >= 0.6 is 24.8 Å². The number of hydrogen-bond acceptors (Lipinski definition) is 6. The number of nitrogens with one attached hydrogen (secondary N) is 1. The van der Waals surface area contributed by atoms with E-state index in [1.165, 1.54) is 0 Å². The molecule has 2 unspecified atom stereocenters. The molecule has 2 atom stereocenters. The highest BCUT2D eigenvalue weighted by Gasteiger charge is 2.43. The fourth-order valence-corrected chi connectivity index (χ4v) is 5.66. The second kappa shape index (κ2) is 16.4. The van der Waals surface area contributed by atoms with E-state index in [1.54, 1.807) is 24.5 Å². The lowest BCUT2D eigenvalue weighted by Crippen LogP contribution is -2.57. The number of likely N-dealkylation sites (tertiary alicyclic amines) is 1. The standard InChI is InChI=1S/C32H41N5O4.2ClH/c1-4-8-29(38)32(24-9-6-5-7-10-24)15-17-37(18-16-32)31(40)28(19-23-11-13-26(41-3)14-12-23)35-30(39)27(33)20-25-21-34-22-36(25)2;;/h5-7,9-14,21-22,27-28H,4,8,15-20,33H2,1-3H3,(H,35,39);2*1H. The number of methoxy groups -OCH3 is 1. The number of aryl methyl sites for hydroxylation is 1. The van der Waals surface area contributed by atoms with E-state index < -0.39 is 23.4 Å². The smallest absolute Gasteiger partial charge is 0.245 e. The van der Waals surface area contributed by atoms with Gasteiger partial charge in [0.05, 0.1) is 24.9 Å². The van der Waals surface area contributed by atoms with Crippen LogP contribution in [0.2, 0.25) is 0 Å². The summed E-state index contributed by atoms with van der Waals surface area (Å²) in [6, 6.07) is 15.7. The minimum absolute atomic E-state index is 0. The number of hydrogen-bond donors (Lipinski definition) is 2. The minimum atomic E-state index is -0.838. The van der Waals surface area contributed by atoms with E-state index in [1.807, 2.05) is 73.1 Å². The Morgan fingerprint density at radius 1 is 1.02 bits per heavy atom. The van der Waals surface area contributed by atoms with Crippen LogP contribution in [0.5, 0.6) is 5.75 Å². The molecule has 0 saturated carbocycles. The van der Waals surface area contributed by atoms with Crippen LogP contribution in [-0.4, -0.2) is 64.3 Å². The molecule has 2 heterocycles. The number of halogens is 2. The van der Waals surface area contributed by atoms with Gasteiger partial charge in [0, 0.05) is 51.3 Å². The molecule has 3 aromatic rings. The Morgan fingerprint density at radius 2 is 1.67 bits per heavy atom. The number of ketones is 1. The number of carbonyl (C=O) groups is 3. The van der Waals surface area contributed by atoms with Gasteiger partial charge in [0.15, 0.2) is 0 Å². The summed E-state index contributed by atoms with van der Waals surface area (Å²) in [5, 5.41) is 2.94. The number of nitrogens with zero attached hydrogens (tertiary/aromatic N) is 3. The molecule has 43 heavy (non-hydrogen) atoms. The van der Waals surface area contributed by atoms with Crippen molar-refractivity contribution in [1.82, 2.24) is 19.8 Å². The van der Waals surface area contributed by atoms with E-state index in [2.05, 4.69) is 10.3 Å². The highest BCUT2D eigenvalue weighted by Crippen LogP contribution is 2.38. The van der Waals surface area contributed by atoms with Crippen LogP contribution in [-0.2, 0) is 39.7 Å². The molecule has 234 valence electrons. The van der Waals surface area contributed by atoms with Crippen molar-refractivity contribution >= 4 is 42.4 Å². The summed E-state index contributed by atoms with van der Waals surface area (Å²) >= 11 is 0. The maximum absolute atomic E-state index is 13.9. The van der Waals surface area contributed by atoms with E-state index in [-0.39, 0.29) is 36.5 Å². The van der Waals surface area contributed by atoms with Crippen LogP contribution in [0.1, 0.15) is 49.4 Å². The molecule has 0 aliphatic carbocycles. The molecular formula is C32H43Cl2N5O4. The summed E-state index contributed by atoms with van der Waals surface area (Å²) in [5.74, 6) is 0.366. The number of carbonyl (C=O) groups excluding carboxylic acids is 3. The SMILES string of the molecule is CCCC(=O)C1(c2ccccc2)CCN(C(=O)C(Cc2ccc(OC)cc2)NC(=O)C(N)Cc2cncn2C)CC1.Cl.Cl. The van der Waals surface area contributed by atoms with Gasteiger partial charge in [0.1, 0.15) is 17.6 Å². The van der Waals surface area contributed by atoms with Crippen molar-refractivity contribution in [3.05, 3.63) is 83.9 Å². The second-order valence-corrected chi connectivity index (χ2v) is 10.9. The minimum Gasteiger partial charge on any atom is -0.497 e. The number of ether oxygens (including phenoxy) is 1. The summed E-state index contributed by atoms with van der Waals surface area (Å²) in [4.78, 5) is 46.4. The fraction of sp³-hybridized carbons (Fsp3) is 0.438. The fourth-order valence-electron chi connectivity index (χ4n) is 5.66. The van der Waals surface area contributed by atoms with Crippen molar-refractivity contribution in [2.45, 2.75) is 62.9 Å². The lowest BCUT2D eigenvalue weighted by molar-refractivity contribution is -0.139. The number of piperidine rings is 1. The summed E-state index contributed by atoms with van der Waals surface area (Å²) in [5.41, 5.74) is 8.39. The Labute approximate surface area is 266 Å². The molecule has 2 amide bonds. The Hall–Kier alpha value is -3.40. The topological polar surface area (TPSA) is 120 Å². The quantitative estimate of drug-likeness (QED) is 0.314. The first-order valence-electron chi connectivity index (χ1n) is 14.3. The average molecular weight is 633 g/mol. The van der Waals surface area contributed by atoms with Gasteiger partial charge in [-0.1, -0.05) is 49.4 Å². The third-order valence-corrected chi connectivity index (χ3v) is 8.16. The first-order chi connectivity index (χ1) is 19.8. The number of aromatic nitrogens is 2. The molecule has 1 aliphatic heterocycles. The molecular weight excluding hydrogens is 589 g/mol. The van der Waals surface area contributed by atoms with E-state index in [0.717, 1.165) is 23.2 Å². The third-order valence-electron chi connectivity index (χ3n) is 8.16. The number of amides is 2. The van der Waals surface area contributed by atoms with Gasteiger partial charge in [0.25, 0.3) is 0 Å². The van der Waals surface area contributed by atoms with Gasteiger partial charge < -0.3 is 25.3 Å². The molecule has 11 heteroatoms.